The van der Waals surface area contributed by atoms with Crippen molar-refractivity contribution >= 4 is 23.2 Å². The first-order valence-corrected chi connectivity index (χ1v) is 6.83. The van der Waals surface area contributed by atoms with Crippen LogP contribution in [0.15, 0.2) is 42.5 Å². The van der Waals surface area contributed by atoms with E-state index in [1.54, 1.807) is 12.1 Å². The molecule has 0 unspecified atom stereocenters. The van der Waals surface area contributed by atoms with Gasteiger partial charge < -0.3 is 11.1 Å². The van der Waals surface area contributed by atoms with Gasteiger partial charge in [-0.2, -0.15) is 0 Å². The lowest BCUT2D eigenvalue weighted by Crippen LogP contribution is -2.26. The summed E-state index contributed by atoms with van der Waals surface area (Å²) in [4.78, 5) is 12.1. The second-order valence-electron chi connectivity index (χ2n) is 4.73. The summed E-state index contributed by atoms with van der Waals surface area (Å²) >= 11 is 5.92. The highest BCUT2D eigenvalue weighted by molar-refractivity contribution is 6.30. The van der Waals surface area contributed by atoms with Crippen molar-refractivity contribution in [2.45, 2.75) is 13.3 Å². The van der Waals surface area contributed by atoms with Gasteiger partial charge in [-0.3, -0.25) is 4.79 Å². The largest absolute Gasteiger partial charge is 0.398 e. The average Bonchev–Trinajstić information content (AvgIpc) is 2.41. The van der Waals surface area contributed by atoms with E-state index in [2.05, 4.69) is 5.32 Å². The lowest BCUT2D eigenvalue weighted by Gasteiger charge is -2.08. The Morgan fingerprint density at radius 3 is 2.80 bits per heavy atom. The first-order chi connectivity index (χ1) is 9.56. The van der Waals surface area contributed by atoms with Crippen LogP contribution in [0.2, 0.25) is 5.02 Å². The summed E-state index contributed by atoms with van der Waals surface area (Å²) in [6.07, 6.45) is 0.734. The van der Waals surface area contributed by atoms with E-state index < -0.39 is 0 Å². The van der Waals surface area contributed by atoms with E-state index in [1.165, 1.54) is 0 Å². The van der Waals surface area contributed by atoms with Gasteiger partial charge in [0.15, 0.2) is 0 Å². The van der Waals surface area contributed by atoms with Crippen LogP contribution in [0.1, 0.15) is 21.5 Å². The highest BCUT2D eigenvalue weighted by atomic mass is 35.5. The SMILES string of the molecule is Cc1ccc(N)c(C(=O)NCCc2cccc(Cl)c2)c1. The number of hydrogen-bond donors (Lipinski definition) is 2. The Bertz CT molecular complexity index is 626. The molecule has 3 N–H and O–H groups in total. The highest BCUT2D eigenvalue weighted by Crippen LogP contribution is 2.14. The summed E-state index contributed by atoms with van der Waals surface area (Å²) < 4.78 is 0. The maximum atomic E-state index is 12.1. The third kappa shape index (κ3) is 3.75. The molecule has 0 fully saturated rings. The fraction of sp³-hybridized carbons (Fsp3) is 0.188. The zero-order valence-corrected chi connectivity index (χ0v) is 12.1. The maximum absolute atomic E-state index is 12.1. The van der Waals surface area contributed by atoms with Gasteiger partial charge in [-0.05, 0) is 43.2 Å². The number of benzene rings is 2. The summed E-state index contributed by atoms with van der Waals surface area (Å²) in [5.41, 5.74) is 8.94. The normalized spacial score (nSPS) is 10.3. The molecule has 0 aliphatic heterocycles. The van der Waals surface area contributed by atoms with Gasteiger partial charge in [0.1, 0.15) is 0 Å². The first kappa shape index (κ1) is 14.4. The monoisotopic (exact) mass is 288 g/mol. The molecule has 4 heteroatoms. The van der Waals surface area contributed by atoms with Gasteiger partial charge >= 0.3 is 0 Å². The number of nitrogens with two attached hydrogens (primary N) is 1. The number of anilines is 1. The van der Waals surface area contributed by atoms with E-state index in [9.17, 15) is 4.79 Å². The van der Waals surface area contributed by atoms with Crippen LogP contribution in [-0.2, 0) is 6.42 Å². The summed E-state index contributed by atoms with van der Waals surface area (Å²) in [5, 5.41) is 3.58. The van der Waals surface area contributed by atoms with Crippen molar-refractivity contribution in [3.8, 4) is 0 Å². The predicted octanol–water partition coefficient (Wildman–Crippen LogP) is 3.20. The number of nitrogens with one attached hydrogen (secondary N) is 1. The lowest BCUT2D eigenvalue weighted by molar-refractivity contribution is 0.0955. The molecule has 3 nitrogen and oxygen atoms in total. The van der Waals surface area contributed by atoms with E-state index in [0.29, 0.717) is 22.8 Å². The standard InChI is InChI=1S/C16H17ClN2O/c1-11-5-6-15(18)14(9-11)16(20)19-8-7-12-3-2-4-13(17)10-12/h2-6,9-10H,7-8,18H2,1H3,(H,19,20). The molecule has 0 aromatic heterocycles. The molecule has 0 bridgehead atoms. The molecule has 0 saturated heterocycles. The molecule has 20 heavy (non-hydrogen) atoms. The molecule has 2 rings (SSSR count). The van der Waals surface area contributed by atoms with Crippen molar-refractivity contribution in [3.05, 3.63) is 64.2 Å². The van der Waals surface area contributed by atoms with Crippen molar-refractivity contribution in [1.29, 1.82) is 0 Å². The zero-order valence-electron chi connectivity index (χ0n) is 11.3. The Morgan fingerprint density at radius 2 is 2.05 bits per heavy atom. The minimum absolute atomic E-state index is 0.145. The number of halogens is 1. The average molecular weight is 289 g/mol. The molecule has 0 aliphatic carbocycles. The van der Waals surface area contributed by atoms with Crippen LogP contribution in [0, 0.1) is 6.92 Å². The molecule has 0 aliphatic rings. The number of nitrogen functional groups attached to an aromatic ring is 1. The number of amides is 1. The van der Waals surface area contributed by atoms with Crippen LogP contribution < -0.4 is 11.1 Å². The molecule has 0 atom stereocenters. The third-order valence-electron chi connectivity index (χ3n) is 3.04. The minimum Gasteiger partial charge on any atom is -0.398 e. The molecule has 2 aromatic rings. The summed E-state index contributed by atoms with van der Waals surface area (Å²) in [7, 11) is 0. The van der Waals surface area contributed by atoms with Crippen LogP contribution in [0.25, 0.3) is 0 Å². The number of aryl methyl sites for hydroxylation is 1. The van der Waals surface area contributed by atoms with E-state index in [0.717, 1.165) is 17.5 Å². The van der Waals surface area contributed by atoms with Crippen molar-refractivity contribution in [3.63, 3.8) is 0 Å². The molecular weight excluding hydrogens is 272 g/mol. The Balaban J connectivity index is 1.94. The summed E-state index contributed by atoms with van der Waals surface area (Å²) in [5.74, 6) is -0.145. The van der Waals surface area contributed by atoms with Crippen molar-refractivity contribution in [1.82, 2.24) is 5.32 Å². The van der Waals surface area contributed by atoms with Crippen LogP contribution in [0.5, 0.6) is 0 Å². The maximum Gasteiger partial charge on any atom is 0.253 e. The third-order valence-corrected chi connectivity index (χ3v) is 3.28. The van der Waals surface area contributed by atoms with Crippen molar-refractivity contribution in [2.24, 2.45) is 0 Å². The number of carbonyl (C=O) groups is 1. The molecule has 1 amide bonds. The van der Waals surface area contributed by atoms with E-state index in [-0.39, 0.29) is 5.91 Å². The Labute approximate surface area is 123 Å². The van der Waals surface area contributed by atoms with E-state index in [4.69, 9.17) is 17.3 Å². The van der Waals surface area contributed by atoms with E-state index >= 15 is 0 Å². The number of rotatable bonds is 4. The van der Waals surface area contributed by atoms with Crippen LogP contribution in [0.4, 0.5) is 5.69 Å². The molecule has 0 spiro atoms. The molecule has 0 saturated carbocycles. The predicted molar refractivity (Wildman–Crippen MR) is 83.1 cm³/mol. The Hall–Kier alpha value is -2.00. The second-order valence-corrected chi connectivity index (χ2v) is 5.16. The molecular formula is C16H17ClN2O. The quantitative estimate of drug-likeness (QED) is 0.849. The molecule has 2 aromatic carbocycles. The van der Waals surface area contributed by atoms with Gasteiger partial charge in [0.05, 0.1) is 5.56 Å². The topological polar surface area (TPSA) is 55.1 Å². The van der Waals surface area contributed by atoms with Gasteiger partial charge in [0.25, 0.3) is 5.91 Å². The second kappa shape index (κ2) is 6.44. The highest BCUT2D eigenvalue weighted by Gasteiger charge is 2.09. The van der Waals surface area contributed by atoms with Crippen molar-refractivity contribution in [2.75, 3.05) is 12.3 Å². The van der Waals surface area contributed by atoms with E-state index in [1.807, 2.05) is 37.3 Å². The van der Waals surface area contributed by atoms with Gasteiger partial charge in [0, 0.05) is 17.3 Å². The smallest absolute Gasteiger partial charge is 0.253 e. The minimum atomic E-state index is -0.145. The number of hydrogen-bond acceptors (Lipinski definition) is 2. The van der Waals surface area contributed by atoms with Gasteiger partial charge in [0.2, 0.25) is 0 Å². The zero-order chi connectivity index (χ0) is 14.5. The Kier molecular flexibility index (Phi) is 4.64. The number of carbonyl (C=O) groups excluding carboxylic acids is 1. The van der Waals surface area contributed by atoms with Crippen molar-refractivity contribution < 1.29 is 4.79 Å². The lowest BCUT2D eigenvalue weighted by atomic mass is 10.1. The van der Waals surface area contributed by atoms with Crippen LogP contribution >= 0.6 is 11.6 Å². The molecule has 0 radical (unpaired) electrons. The summed E-state index contributed by atoms with van der Waals surface area (Å²) in [6, 6.07) is 13.0. The van der Waals surface area contributed by atoms with Crippen LogP contribution in [-0.4, -0.2) is 12.5 Å². The first-order valence-electron chi connectivity index (χ1n) is 6.45. The fourth-order valence-electron chi connectivity index (χ4n) is 1.97. The summed E-state index contributed by atoms with van der Waals surface area (Å²) in [6.45, 7) is 2.48. The van der Waals surface area contributed by atoms with Gasteiger partial charge in [-0.1, -0.05) is 35.4 Å². The van der Waals surface area contributed by atoms with Gasteiger partial charge in [-0.15, -0.1) is 0 Å². The van der Waals surface area contributed by atoms with Crippen LogP contribution in [0.3, 0.4) is 0 Å². The fourth-order valence-corrected chi connectivity index (χ4v) is 2.19. The molecule has 104 valence electrons. The molecule has 0 heterocycles. The Morgan fingerprint density at radius 1 is 1.25 bits per heavy atom. The van der Waals surface area contributed by atoms with Gasteiger partial charge in [-0.25, -0.2) is 0 Å².